The molecular weight excluding hydrogens is 346 g/mol. The Morgan fingerprint density at radius 2 is 2.04 bits per heavy atom. The van der Waals surface area contributed by atoms with E-state index in [9.17, 15) is 23.3 Å². The average Bonchev–Trinajstić information content (AvgIpc) is 2.86. The third-order valence-electron chi connectivity index (χ3n) is 2.74. The smallest absolute Gasteiger partial charge is 0.350 e. The number of thiazole rings is 1. The van der Waals surface area contributed by atoms with Crippen LogP contribution >= 0.6 is 11.3 Å². The number of nitro groups is 1. The predicted octanol–water partition coefficient (Wildman–Crippen LogP) is 1.95. The summed E-state index contributed by atoms with van der Waals surface area (Å²) in [6.07, 6.45) is 0. The number of rotatable bonds is 5. The second kappa shape index (κ2) is 6.30. The third-order valence-corrected chi connectivity index (χ3v) is 5.31. The SMILES string of the molecule is COC(=O)c1sc(NS(=O)(=O)c2ccccc2[N+](=O)[O-])nc1C. The van der Waals surface area contributed by atoms with Gasteiger partial charge in [-0.25, -0.2) is 18.2 Å². The van der Waals surface area contributed by atoms with Crippen molar-refractivity contribution in [2.75, 3.05) is 11.8 Å². The van der Waals surface area contributed by atoms with E-state index in [0.29, 0.717) is 5.69 Å². The van der Waals surface area contributed by atoms with Crippen LogP contribution in [0.4, 0.5) is 10.8 Å². The molecule has 0 amide bonds. The van der Waals surface area contributed by atoms with Gasteiger partial charge >= 0.3 is 5.97 Å². The van der Waals surface area contributed by atoms with Crippen molar-refractivity contribution in [2.45, 2.75) is 11.8 Å². The minimum atomic E-state index is -4.22. The molecule has 0 bridgehead atoms. The molecule has 1 aromatic heterocycles. The van der Waals surface area contributed by atoms with E-state index in [1.54, 1.807) is 0 Å². The van der Waals surface area contributed by atoms with Crippen molar-refractivity contribution >= 4 is 38.1 Å². The normalized spacial score (nSPS) is 11.0. The number of ether oxygens (including phenoxy) is 1. The molecule has 9 nitrogen and oxygen atoms in total. The molecule has 0 aliphatic rings. The Morgan fingerprint density at radius 3 is 2.65 bits per heavy atom. The van der Waals surface area contributed by atoms with Crippen LogP contribution in [-0.2, 0) is 14.8 Å². The number of methoxy groups -OCH3 is 1. The van der Waals surface area contributed by atoms with Gasteiger partial charge < -0.3 is 4.74 Å². The Kier molecular flexibility index (Phi) is 4.61. The standard InChI is InChI=1S/C12H11N3O6S2/c1-7-10(11(16)21-2)22-12(13-7)14-23(19,20)9-6-4-3-5-8(9)15(17)18/h3-6H,1-2H3,(H,13,14). The van der Waals surface area contributed by atoms with E-state index in [1.165, 1.54) is 26.2 Å². The second-order valence-electron chi connectivity index (χ2n) is 4.26. The van der Waals surface area contributed by atoms with Crippen molar-refractivity contribution in [2.24, 2.45) is 0 Å². The summed E-state index contributed by atoms with van der Waals surface area (Å²) in [4.78, 5) is 25.2. The molecule has 0 unspecified atom stereocenters. The summed E-state index contributed by atoms with van der Waals surface area (Å²) in [6.45, 7) is 1.52. The lowest BCUT2D eigenvalue weighted by atomic mass is 10.3. The maximum atomic E-state index is 12.3. The first-order valence-corrected chi connectivity index (χ1v) is 8.38. The molecule has 0 aliphatic carbocycles. The molecule has 2 aromatic rings. The van der Waals surface area contributed by atoms with Crippen LogP contribution in [0.25, 0.3) is 0 Å². The number of esters is 1. The Balaban J connectivity index is 2.40. The van der Waals surface area contributed by atoms with E-state index in [0.717, 1.165) is 23.5 Å². The minimum Gasteiger partial charge on any atom is -0.465 e. The van der Waals surface area contributed by atoms with Crippen molar-refractivity contribution in [1.29, 1.82) is 0 Å². The van der Waals surface area contributed by atoms with Gasteiger partial charge in [-0.3, -0.25) is 14.8 Å². The number of benzene rings is 1. The Morgan fingerprint density at radius 1 is 1.39 bits per heavy atom. The van der Waals surface area contributed by atoms with Gasteiger partial charge in [-0.1, -0.05) is 23.5 Å². The molecule has 1 heterocycles. The third kappa shape index (κ3) is 3.46. The highest BCUT2D eigenvalue weighted by Gasteiger charge is 2.27. The topological polar surface area (TPSA) is 128 Å². The summed E-state index contributed by atoms with van der Waals surface area (Å²) in [7, 11) is -3.03. The van der Waals surface area contributed by atoms with Gasteiger partial charge in [0, 0.05) is 6.07 Å². The van der Waals surface area contributed by atoms with Crippen molar-refractivity contribution < 1.29 is 22.9 Å². The zero-order chi connectivity index (χ0) is 17.2. The first-order valence-electron chi connectivity index (χ1n) is 6.08. The van der Waals surface area contributed by atoms with Crippen LogP contribution in [0.15, 0.2) is 29.2 Å². The predicted molar refractivity (Wildman–Crippen MR) is 82.1 cm³/mol. The van der Waals surface area contributed by atoms with Crippen molar-refractivity contribution in [1.82, 2.24) is 4.98 Å². The van der Waals surface area contributed by atoms with Crippen LogP contribution in [0, 0.1) is 17.0 Å². The molecule has 0 fully saturated rings. The number of sulfonamides is 1. The Bertz CT molecular complexity index is 875. The van der Waals surface area contributed by atoms with Gasteiger partial charge in [-0.2, -0.15) is 0 Å². The van der Waals surface area contributed by atoms with E-state index in [-0.39, 0.29) is 10.0 Å². The molecule has 0 atom stereocenters. The van der Waals surface area contributed by atoms with Crippen molar-refractivity contribution in [3.8, 4) is 0 Å². The molecular formula is C12H11N3O6S2. The average molecular weight is 357 g/mol. The highest BCUT2D eigenvalue weighted by Crippen LogP contribution is 2.28. The van der Waals surface area contributed by atoms with Crippen LogP contribution in [0.1, 0.15) is 15.4 Å². The number of nitrogens with zero attached hydrogens (tertiary/aromatic N) is 2. The molecule has 2 rings (SSSR count). The largest absolute Gasteiger partial charge is 0.465 e. The van der Waals surface area contributed by atoms with Crippen LogP contribution in [0.3, 0.4) is 0 Å². The van der Waals surface area contributed by atoms with Gasteiger partial charge in [0.05, 0.1) is 17.7 Å². The number of aryl methyl sites for hydroxylation is 1. The number of hydrogen-bond acceptors (Lipinski definition) is 8. The van der Waals surface area contributed by atoms with Crippen LogP contribution in [-0.4, -0.2) is 31.4 Å². The molecule has 23 heavy (non-hydrogen) atoms. The second-order valence-corrected chi connectivity index (χ2v) is 6.91. The fraction of sp³-hybridized carbons (Fsp3) is 0.167. The summed E-state index contributed by atoms with van der Waals surface area (Å²) in [5.41, 5.74) is -0.261. The molecule has 122 valence electrons. The zero-order valence-electron chi connectivity index (χ0n) is 12.0. The highest BCUT2D eigenvalue weighted by atomic mass is 32.2. The van der Waals surface area contributed by atoms with Crippen LogP contribution in [0.5, 0.6) is 0 Å². The van der Waals surface area contributed by atoms with E-state index in [4.69, 9.17) is 0 Å². The van der Waals surface area contributed by atoms with Gasteiger partial charge in [0.2, 0.25) is 0 Å². The Labute approximate surface area is 135 Å². The fourth-order valence-corrected chi connectivity index (χ4v) is 4.02. The summed E-state index contributed by atoms with van der Waals surface area (Å²) < 4.78 is 31.3. The van der Waals surface area contributed by atoms with E-state index in [2.05, 4.69) is 14.4 Å². The maximum absolute atomic E-state index is 12.3. The number of aromatic nitrogens is 1. The van der Waals surface area contributed by atoms with E-state index >= 15 is 0 Å². The summed E-state index contributed by atoms with van der Waals surface area (Å²) in [6, 6.07) is 4.93. The lowest BCUT2D eigenvalue weighted by Crippen LogP contribution is -2.14. The summed E-state index contributed by atoms with van der Waals surface area (Å²) in [5.74, 6) is -0.642. The number of nitro benzene ring substituents is 1. The summed E-state index contributed by atoms with van der Waals surface area (Å²) >= 11 is 0.782. The number of carbonyl (C=O) groups excluding carboxylic acids is 1. The maximum Gasteiger partial charge on any atom is 0.350 e. The first kappa shape index (κ1) is 16.8. The van der Waals surface area contributed by atoms with Gasteiger partial charge in [0.15, 0.2) is 10.0 Å². The molecule has 1 N–H and O–H groups in total. The number of nitrogens with one attached hydrogen (secondary N) is 1. The zero-order valence-corrected chi connectivity index (χ0v) is 13.6. The number of carbonyl (C=O) groups is 1. The van der Waals surface area contributed by atoms with Crippen LogP contribution < -0.4 is 4.72 Å². The van der Waals surface area contributed by atoms with Crippen molar-refractivity contribution in [3.63, 3.8) is 0 Å². The van der Waals surface area contributed by atoms with Crippen LogP contribution in [0.2, 0.25) is 0 Å². The minimum absolute atomic E-state index is 0.0824. The number of hydrogen-bond donors (Lipinski definition) is 1. The van der Waals surface area contributed by atoms with Gasteiger partial charge in [0.1, 0.15) is 4.88 Å². The van der Waals surface area contributed by atoms with Gasteiger partial charge in [-0.15, -0.1) is 0 Å². The highest BCUT2D eigenvalue weighted by molar-refractivity contribution is 7.93. The fourth-order valence-electron chi connectivity index (χ4n) is 1.73. The molecule has 11 heteroatoms. The quantitative estimate of drug-likeness (QED) is 0.492. The lowest BCUT2D eigenvalue weighted by molar-refractivity contribution is -0.387. The molecule has 0 aliphatic heterocycles. The monoisotopic (exact) mass is 357 g/mol. The molecule has 0 saturated heterocycles. The van der Waals surface area contributed by atoms with Gasteiger partial charge in [0.25, 0.3) is 15.7 Å². The number of anilines is 1. The van der Waals surface area contributed by atoms with E-state index in [1.807, 2.05) is 0 Å². The number of para-hydroxylation sites is 1. The first-order chi connectivity index (χ1) is 10.8. The summed E-state index contributed by atoms with van der Waals surface area (Å²) in [5, 5.41) is 10.9. The Hall–Kier alpha value is -2.53. The molecule has 0 radical (unpaired) electrons. The van der Waals surface area contributed by atoms with E-state index < -0.39 is 31.5 Å². The van der Waals surface area contributed by atoms with Gasteiger partial charge in [-0.05, 0) is 13.0 Å². The van der Waals surface area contributed by atoms with Crippen molar-refractivity contribution in [3.05, 3.63) is 45.0 Å². The molecule has 0 saturated carbocycles. The molecule has 0 spiro atoms. The lowest BCUT2D eigenvalue weighted by Gasteiger charge is -2.05. The molecule has 1 aromatic carbocycles.